The molecule has 1 rings (SSSR count). The highest BCUT2D eigenvalue weighted by Crippen LogP contribution is 2.29. The molecule has 0 amide bonds. The van der Waals surface area contributed by atoms with Gasteiger partial charge in [-0.05, 0) is 9.91 Å². The molecule has 0 spiro atoms. The van der Waals surface area contributed by atoms with Crippen molar-refractivity contribution >= 4 is 5.82 Å². The lowest BCUT2D eigenvalue weighted by Crippen LogP contribution is -2.03. The van der Waals surface area contributed by atoms with Gasteiger partial charge >= 0.3 is 12.2 Å². The molecule has 15 heavy (non-hydrogen) atoms. The van der Waals surface area contributed by atoms with Gasteiger partial charge in [0.1, 0.15) is 0 Å². The third-order valence-corrected chi connectivity index (χ3v) is 1.55. The maximum absolute atomic E-state index is 13.1. The Hall–Kier alpha value is -1.86. The molecule has 5 nitrogen and oxygen atoms in total. The lowest BCUT2D eigenvalue weighted by atomic mass is 10.3. The molecule has 1 aromatic rings. The van der Waals surface area contributed by atoms with Crippen LogP contribution in [0.2, 0.25) is 0 Å². The first-order valence-corrected chi connectivity index (χ1v) is 3.64. The second kappa shape index (κ2) is 4.11. The maximum atomic E-state index is 13.1. The van der Waals surface area contributed by atoms with Gasteiger partial charge in [0.05, 0.1) is 13.2 Å². The molecular weight excluding hydrogens is 217 g/mol. The average Bonchev–Trinajstić information content (AvgIpc) is 2.17. The summed E-state index contributed by atoms with van der Waals surface area (Å²) in [4.78, 5) is 12.1. The molecule has 8 heteroatoms. The number of ether oxygens (including phenoxy) is 1. The number of pyridine rings is 1. The normalized spacial score (nSPS) is 10.5. The molecule has 0 aliphatic heterocycles. The summed E-state index contributed by atoms with van der Waals surface area (Å²) in [6.45, 7) is 0. The SMILES string of the molecule is COc1cc([N+](=O)[O-])nc(C(F)F)c1F. The van der Waals surface area contributed by atoms with Gasteiger partial charge in [-0.3, -0.25) is 0 Å². The Bertz CT molecular complexity index is 397. The Morgan fingerprint density at radius 1 is 1.60 bits per heavy atom. The number of hydrogen-bond donors (Lipinski definition) is 0. The lowest BCUT2D eigenvalue weighted by Gasteiger charge is -2.03. The monoisotopic (exact) mass is 222 g/mol. The van der Waals surface area contributed by atoms with Crippen LogP contribution in [-0.4, -0.2) is 17.0 Å². The van der Waals surface area contributed by atoms with E-state index < -0.39 is 34.4 Å². The van der Waals surface area contributed by atoms with Crippen molar-refractivity contribution in [2.24, 2.45) is 0 Å². The minimum atomic E-state index is -3.24. The molecule has 1 heterocycles. The maximum Gasteiger partial charge on any atom is 0.367 e. The summed E-state index contributed by atoms with van der Waals surface area (Å²) in [6.07, 6.45) is -3.24. The first kappa shape index (κ1) is 11.2. The molecule has 0 aliphatic rings. The minimum absolute atomic E-state index is 0.632. The number of rotatable bonds is 3. The zero-order valence-corrected chi connectivity index (χ0v) is 7.41. The summed E-state index contributed by atoms with van der Waals surface area (Å²) in [5.41, 5.74) is -1.29. The van der Waals surface area contributed by atoms with Crippen LogP contribution in [0.5, 0.6) is 5.75 Å². The predicted molar refractivity (Wildman–Crippen MR) is 42.4 cm³/mol. The van der Waals surface area contributed by atoms with Crippen LogP contribution in [-0.2, 0) is 0 Å². The highest BCUT2D eigenvalue weighted by atomic mass is 19.3. The second-order valence-corrected chi connectivity index (χ2v) is 2.44. The molecule has 0 fully saturated rings. The quantitative estimate of drug-likeness (QED) is 0.580. The average molecular weight is 222 g/mol. The third kappa shape index (κ3) is 2.14. The van der Waals surface area contributed by atoms with E-state index in [0.29, 0.717) is 6.07 Å². The van der Waals surface area contributed by atoms with Crippen molar-refractivity contribution in [2.75, 3.05) is 7.11 Å². The van der Waals surface area contributed by atoms with E-state index in [1.54, 1.807) is 0 Å². The number of nitro groups is 1. The van der Waals surface area contributed by atoms with Crippen LogP contribution in [0.1, 0.15) is 12.1 Å². The summed E-state index contributed by atoms with van der Waals surface area (Å²) in [7, 11) is 1.01. The Labute approximate surface area is 81.6 Å². The van der Waals surface area contributed by atoms with Crippen LogP contribution in [0.15, 0.2) is 6.07 Å². The van der Waals surface area contributed by atoms with Crippen LogP contribution >= 0.6 is 0 Å². The van der Waals surface area contributed by atoms with Crippen LogP contribution in [0.25, 0.3) is 0 Å². The molecule has 0 aromatic carbocycles. The van der Waals surface area contributed by atoms with E-state index in [4.69, 9.17) is 0 Å². The topological polar surface area (TPSA) is 65.3 Å². The van der Waals surface area contributed by atoms with E-state index in [9.17, 15) is 23.3 Å². The van der Waals surface area contributed by atoms with Crippen LogP contribution in [0.3, 0.4) is 0 Å². The molecule has 0 unspecified atom stereocenters. The number of halogens is 3. The van der Waals surface area contributed by atoms with E-state index in [-0.39, 0.29) is 0 Å². The second-order valence-electron chi connectivity index (χ2n) is 2.44. The predicted octanol–water partition coefficient (Wildman–Crippen LogP) is 2.08. The lowest BCUT2D eigenvalue weighted by molar-refractivity contribution is -0.389. The molecule has 0 saturated carbocycles. The fourth-order valence-corrected chi connectivity index (χ4v) is 0.898. The molecule has 0 aliphatic carbocycles. The molecule has 0 radical (unpaired) electrons. The molecule has 0 atom stereocenters. The van der Waals surface area contributed by atoms with Crippen molar-refractivity contribution in [1.82, 2.24) is 4.98 Å². The molecule has 0 saturated heterocycles. The first-order chi connectivity index (χ1) is 6.97. The number of aromatic nitrogens is 1. The molecule has 0 N–H and O–H groups in total. The first-order valence-electron chi connectivity index (χ1n) is 3.64. The van der Waals surface area contributed by atoms with Gasteiger partial charge in [0.25, 0.3) is 5.69 Å². The minimum Gasteiger partial charge on any atom is -0.493 e. The highest BCUT2D eigenvalue weighted by Gasteiger charge is 2.28. The molecule has 82 valence electrons. The van der Waals surface area contributed by atoms with E-state index in [1.165, 1.54) is 0 Å². The van der Waals surface area contributed by atoms with Crippen molar-refractivity contribution in [3.63, 3.8) is 0 Å². The highest BCUT2D eigenvalue weighted by molar-refractivity contribution is 5.36. The smallest absolute Gasteiger partial charge is 0.367 e. The Morgan fingerprint density at radius 3 is 2.60 bits per heavy atom. The van der Waals surface area contributed by atoms with Gasteiger partial charge < -0.3 is 14.9 Å². The van der Waals surface area contributed by atoms with Gasteiger partial charge in [-0.1, -0.05) is 0 Å². The van der Waals surface area contributed by atoms with Gasteiger partial charge in [0, 0.05) is 0 Å². The van der Waals surface area contributed by atoms with Crippen molar-refractivity contribution in [3.05, 3.63) is 27.7 Å². The largest absolute Gasteiger partial charge is 0.493 e. The van der Waals surface area contributed by atoms with Crippen molar-refractivity contribution in [3.8, 4) is 5.75 Å². The Kier molecular flexibility index (Phi) is 3.08. The fourth-order valence-electron chi connectivity index (χ4n) is 0.898. The van der Waals surface area contributed by atoms with Crippen LogP contribution in [0, 0.1) is 15.9 Å². The Balaban J connectivity index is 3.38. The van der Waals surface area contributed by atoms with Gasteiger partial charge in [-0.2, -0.15) is 4.39 Å². The zero-order chi connectivity index (χ0) is 11.6. The van der Waals surface area contributed by atoms with E-state index in [1.807, 2.05) is 0 Å². The van der Waals surface area contributed by atoms with E-state index in [0.717, 1.165) is 7.11 Å². The summed E-state index contributed by atoms with van der Waals surface area (Å²) in [6, 6.07) is 0.640. The van der Waals surface area contributed by atoms with Gasteiger partial charge in [0.2, 0.25) is 5.82 Å². The molecule has 1 aromatic heterocycles. The standard InChI is InChI=1S/C7H5F3N2O3/c1-15-3-2-4(12(13)14)11-6(5(3)8)7(9)10/h2,7H,1H3. The van der Waals surface area contributed by atoms with Crippen molar-refractivity contribution < 1.29 is 22.8 Å². The number of nitrogens with zero attached hydrogens (tertiary/aromatic N) is 2. The summed E-state index contributed by atoms with van der Waals surface area (Å²) in [5.74, 6) is -2.91. The summed E-state index contributed by atoms with van der Waals surface area (Å²) >= 11 is 0. The Morgan fingerprint density at radius 2 is 2.20 bits per heavy atom. The number of alkyl halides is 2. The molecular formula is C7H5F3N2O3. The summed E-state index contributed by atoms with van der Waals surface area (Å²) < 4.78 is 41.9. The van der Waals surface area contributed by atoms with Crippen molar-refractivity contribution in [2.45, 2.75) is 6.43 Å². The van der Waals surface area contributed by atoms with Crippen molar-refractivity contribution in [1.29, 1.82) is 0 Å². The molecule has 0 bridgehead atoms. The van der Waals surface area contributed by atoms with E-state index >= 15 is 0 Å². The van der Waals surface area contributed by atoms with Crippen LogP contribution < -0.4 is 4.74 Å². The summed E-state index contributed by atoms with van der Waals surface area (Å²) in [5, 5.41) is 10.3. The number of hydrogen-bond acceptors (Lipinski definition) is 4. The number of methoxy groups -OCH3 is 1. The van der Waals surface area contributed by atoms with E-state index in [2.05, 4.69) is 9.72 Å². The zero-order valence-electron chi connectivity index (χ0n) is 7.41. The van der Waals surface area contributed by atoms with Gasteiger partial charge in [-0.15, -0.1) is 0 Å². The van der Waals surface area contributed by atoms with Gasteiger partial charge in [0.15, 0.2) is 5.75 Å². The van der Waals surface area contributed by atoms with Gasteiger partial charge in [-0.25, -0.2) is 8.78 Å². The third-order valence-electron chi connectivity index (χ3n) is 1.55. The van der Waals surface area contributed by atoms with Crippen LogP contribution in [0.4, 0.5) is 19.0 Å². The fraction of sp³-hybridized carbons (Fsp3) is 0.286.